The van der Waals surface area contributed by atoms with Crippen LogP contribution in [-0.2, 0) is 32.4 Å². The normalized spacial score (nSPS) is 33.9. The van der Waals surface area contributed by atoms with Crippen molar-refractivity contribution in [3.05, 3.63) is 34.9 Å². The molecule has 0 radical (unpaired) electrons. The standard InChI is InChI=1S/C27H38NO5P/c1-25(2,3)33-21(30)9-8-16-14-20(29)23-22-17(16)15-19-18-10-11-26(4,34(6,7)31)24(32-23)27(18,22)12-13-28(19)5/h10-11,14,18-19,24,29H,8-9,12-13,15H2,1-7H3/t18?,19-,24+,26-,27+/m1/s1. The number of carbonyl (C=O) groups is 1. The van der Waals surface area contributed by atoms with Crippen molar-refractivity contribution in [3.8, 4) is 11.5 Å². The van der Waals surface area contributed by atoms with Crippen molar-refractivity contribution >= 4 is 13.1 Å². The molecule has 34 heavy (non-hydrogen) atoms. The molecule has 1 fully saturated rings. The number of likely N-dealkylation sites (tertiary alicyclic amines) is 1. The molecule has 5 rings (SSSR count). The van der Waals surface area contributed by atoms with Crippen molar-refractivity contribution in [2.75, 3.05) is 26.9 Å². The lowest BCUT2D eigenvalue weighted by Gasteiger charge is -2.59. The Labute approximate surface area is 203 Å². The lowest BCUT2D eigenvalue weighted by Crippen LogP contribution is -2.67. The summed E-state index contributed by atoms with van der Waals surface area (Å²) in [5.74, 6) is 0.703. The van der Waals surface area contributed by atoms with Gasteiger partial charge in [-0.05, 0) is 91.1 Å². The molecule has 5 atom stereocenters. The van der Waals surface area contributed by atoms with Gasteiger partial charge < -0.3 is 24.0 Å². The highest BCUT2D eigenvalue weighted by Gasteiger charge is 2.69. The molecule has 2 heterocycles. The molecule has 1 saturated heterocycles. The van der Waals surface area contributed by atoms with Gasteiger partial charge >= 0.3 is 5.97 Å². The molecular weight excluding hydrogens is 449 g/mol. The van der Waals surface area contributed by atoms with E-state index in [-0.39, 0.29) is 35.6 Å². The third-order valence-electron chi connectivity index (χ3n) is 8.85. The molecule has 7 heteroatoms. The summed E-state index contributed by atoms with van der Waals surface area (Å²) >= 11 is 0. The average Bonchev–Trinajstić information content (AvgIpc) is 3.06. The third kappa shape index (κ3) is 3.24. The lowest BCUT2D eigenvalue weighted by atomic mass is 9.51. The summed E-state index contributed by atoms with van der Waals surface area (Å²) in [7, 11) is -0.395. The quantitative estimate of drug-likeness (QED) is 0.383. The Morgan fingerprint density at radius 1 is 1.35 bits per heavy atom. The second-order valence-corrected chi connectivity index (χ2v) is 16.0. The number of phenols is 1. The minimum absolute atomic E-state index is 0.127. The van der Waals surface area contributed by atoms with E-state index < -0.39 is 17.9 Å². The lowest BCUT2D eigenvalue weighted by molar-refractivity contribution is -0.154. The number of likely N-dealkylation sites (N-methyl/N-ethyl adjacent to an activating group) is 1. The Kier molecular flexibility index (Phi) is 5.19. The highest BCUT2D eigenvalue weighted by molar-refractivity contribution is 7.64. The molecule has 0 saturated carbocycles. The van der Waals surface area contributed by atoms with Gasteiger partial charge in [0.2, 0.25) is 0 Å². The summed E-state index contributed by atoms with van der Waals surface area (Å²) in [5, 5.41) is 10.5. The van der Waals surface area contributed by atoms with Gasteiger partial charge in [-0.1, -0.05) is 12.2 Å². The highest BCUT2D eigenvalue weighted by Crippen LogP contribution is 2.70. The molecule has 0 aromatic heterocycles. The molecule has 2 aliphatic heterocycles. The number of piperidine rings is 1. The number of carbonyl (C=O) groups excluding carboxylic acids is 1. The minimum Gasteiger partial charge on any atom is -0.504 e. The third-order valence-corrected chi connectivity index (χ3v) is 11.6. The Hall–Kier alpha value is -1.78. The van der Waals surface area contributed by atoms with E-state index in [2.05, 4.69) is 31.0 Å². The summed E-state index contributed by atoms with van der Waals surface area (Å²) in [6.45, 7) is 12.3. The van der Waals surface area contributed by atoms with Crippen molar-refractivity contribution in [2.45, 2.75) is 81.7 Å². The van der Waals surface area contributed by atoms with Gasteiger partial charge in [-0.2, -0.15) is 0 Å². The topological polar surface area (TPSA) is 76.1 Å². The number of rotatable bonds is 4. The summed E-state index contributed by atoms with van der Waals surface area (Å²) in [4.78, 5) is 14.9. The smallest absolute Gasteiger partial charge is 0.306 e. The number of aromatic hydroxyl groups is 1. The van der Waals surface area contributed by atoms with Crippen molar-refractivity contribution in [3.63, 3.8) is 0 Å². The van der Waals surface area contributed by atoms with E-state index in [9.17, 15) is 14.5 Å². The first-order valence-corrected chi connectivity index (χ1v) is 15.0. The van der Waals surface area contributed by atoms with E-state index in [1.807, 2.05) is 34.1 Å². The van der Waals surface area contributed by atoms with Gasteiger partial charge in [0.15, 0.2) is 11.5 Å². The zero-order valence-corrected chi connectivity index (χ0v) is 22.4. The number of phenolic OH excluding ortho intramolecular Hbond substituents is 1. The first kappa shape index (κ1) is 23.9. The number of hydrogen-bond donors (Lipinski definition) is 1. The molecule has 1 aromatic carbocycles. The summed E-state index contributed by atoms with van der Waals surface area (Å²) in [6, 6.07) is 2.09. The van der Waals surface area contributed by atoms with Gasteiger partial charge in [-0.25, -0.2) is 0 Å². The monoisotopic (exact) mass is 487 g/mol. The van der Waals surface area contributed by atoms with Crippen LogP contribution in [-0.4, -0.2) is 65.8 Å². The van der Waals surface area contributed by atoms with Crippen LogP contribution in [0.5, 0.6) is 11.5 Å². The molecule has 1 aromatic rings. The van der Waals surface area contributed by atoms with Crippen LogP contribution in [0.15, 0.2) is 18.2 Å². The van der Waals surface area contributed by atoms with Gasteiger partial charge in [0.1, 0.15) is 11.7 Å². The zero-order valence-electron chi connectivity index (χ0n) is 21.5. The SMILES string of the molecule is CN1CC[C@]23c4c5c(CCC(=O)OC(C)(C)C)cc(O)c4O[C@H]2[C@](C)(P(C)(C)=O)C=CC3[C@H]1C5. The molecule has 2 bridgehead atoms. The Morgan fingerprint density at radius 3 is 2.71 bits per heavy atom. The highest BCUT2D eigenvalue weighted by atomic mass is 31.2. The minimum atomic E-state index is -2.58. The number of nitrogens with zero attached hydrogens (tertiary/aromatic N) is 1. The maximum Gasteiger partial charge on any atom is 0.306 e. The summed E-state index contributed by atoms with van der Waals surface area (Å²) in [5.41, 5.74) is 2.47. The van der Waals surface area contributed by atoms with Gasteiger partial charge in [-0.3, -0.25) is 4.79 Å². The maximum atomic E-state index is 13.6. The fraction of sp³-hybridized carbons (Fsp3) is 0.667. The molecule has 186 valence electrons. The van der Waals surface area contributed by atoms with E-state index in [0.29, 0.717) is 18.2 Å². The second kappa shape index (κ2) is 7.36. The molecule has 6 nitrogen and oxygen atoms in total. The van der Waals surface area contributed by atoms with Crippen molar-refractivity contribution in [1.29, 1.82) is 0 Å². The van der Waals surface area contributed by atoms with E-state index >= 15 is 0 Å². The Bertz CT molecular complexity index is 1130. The van der Waals surface area contributed by atoms with Crippen LogP contribution >= 0.6 is 7.14 Å². The van der Waals surface area contributed by atoms with Crippen molar-refractivity contribution in [2.24, 2.45) is 5.92 Å². The molecule has 1 spiro atoms. The number of ether oxygens (including phenoxy) is 2. The van der Waals surface area contributed by atoms with E-state index in [4.69, 9.17) is 9.47 Å². The van der Waals surface area contributed by atoms with Gasteiger partial charge in [0, 0.05) is 29.4 Å². The van der Waals surface area contributed by atoms with Gasteiger partial charge in [-0.15, -0.1) is 0 Å². The van der Waals surface area contributed by atoms with Crippen LogP contribution < -0.4 is 4.74 Å². The largest absolute Gasteiger partial charge is 0.504 e. The van der Waals surface area contributed by atoms with Crippen molar-refractivity contribution in [1.82, 2.24) is 4.90 Å². The Morgan fingerprint density at radius 2 is 2.06 bits per heavy atom. The maximum absolute atomic E-state index is 13.6. The Balaban J connectivity index is 1.63. The number of hydrogen-bond acceptors (Lipinski definition) is 6. The van der Waals surface area contributed by atoms with E-state index in [1.54, 1.807) is 6.07 Å². The van der Waals surface area contributed by atoms with Crippen LogP contribution in [0, 0.1) is 5.92 Å². The van der Waals surface area contributed by atoms with Crippen LogP contribution in [0.2, 0.25) is 0 Å². The fourth-order valence-corrected chi connectivity index (χ4v) is 8.28. The molecule has 0 amide bonds. The van der Waals surface area contributed by atoms with Crippen molar-refractivity contribution < 1.29 is 23.9 Å². The fourth-order valence-electron chi connectivity index (χ4n) is 6.98. The van der Waals surface area contributed by atoms with Crippen LogP contribution in [0.25, 0.3) is 0 Å². The molecule has 4 aliphatic rings. The van der Waals surface area contributed by atoms with E-state index in [0.717, 1.165) is 30.5 Å². The predicted octanol–water partition coefficient (Wildman–Crippen LogP) is 4.49. The molecule has 1 N–H and O–H groups in total. The van der Waals surface area contributed by atoms with Gasteiger partial charge in [0.05, 0.1) is 12.3 Å². The van der Waals surface area contributed by atoms with Crippen LogP contribution in [0.1, 0.15) is 57.2 Å². The first-order valence-electron chi connectivity index (χ1n) is 12.4. The molecular formula is C27H38NO5P. The average molecular weight is 488 g/mol. The number of aryl methyl sites for hydroxylation is 1. The number of esters is 1. The van der Waals surface area contributed by atoms with Crippen LogP contribution in [0.3, 0.4) is 0 Å². The zero-order chi connectivity index (χ0) is 24.8. The molecule has 2 aliphatic carbocycles. The number of benzene rings is 1. The van der Waals surface area contributed by atoms with Gasteiger partial charge in [0.25, 0.3) is 0 Å². The predicted molar refractivity (Wildman–Crippen MR) is 134 cm³/mol. The van der Waals surface area contributed by atoms with Crippen LogP contribution in [0.4, 0.5) is 0 Å². The first-order chi connectivity index (χ1) is 15.7. The summed E-state index contributed by atoms with van der Waals surface area (Å²) in [6.07, 6.45) is 6.67. The van der Waals surface area contributed by atoms with E-state index in [1.165, 1.54) is 5.56 Å². The molecule has 1 unspecified atom stereocenters. The second-order valence-electron chi connectivity index (χ2n) is 12.3. The summed E-state index contributed by atoms with van der Waals surface area (Å²) < 4.78 is 25.8.